The molecule has 1 heterocycles. The van der Waals surface area contributed by atoms with Gasteiger partial charge in [0, 0.05) is 6.20 Å². The summed E-state index contributed by atoms with van der Waals surface area (Å²) in [6, 6.07) is 7.17. The van der Waals surface area contributed by atoms with Crippen molar-refractivity contribution >= 4 is 27.7 Å². The van der Waals surface area contributed by atoms with Crippen molar-refractivity contribution in [2.24, 2.45) is 0 Å². The fraction of sp³-hybridized carbons (Fsp3) is 0. The normalized spacial score (nSPS) is 10.1. The van der Waals surface area contributed by atoms with E-state index in [1.165, 1.54) is 24.4 Å². The van der Waals surface area contributed by atoms with Crippen LogP contribution in [0, 0.1) is 0 Å². The summed E-state index contributed by atoms with van der Waals surface area (Å²) >= 11 is 3.24. The minimum absolute atomic E-state index is 0.0208. The monoisotopic (exact) mass is 308 g/mol. The van der Waals surface area contributed by atoms with Crippen LogP contribution in [0.25, 0.3) is 0 Å². The Kier molecular flexibility index (Phi) is 3.47. The fourth-order valence-corrected chi connectivity index (χ4v) is 1.71. The van der Waals surface area contributed by atoms with Gasteiger partial charge in [-0.1, -0.05) is 0 Å². The molecule has 0 saturated heterocycles. The third-order valence-electron chi connectivity index (χ3n) is 2.22. The molecule has 0 aliphatic rings. The van der Waals surface area contributed by atoms with Crippen LogP contribution in [-0.2, 0) is 0 Å². The average Bonchev–Trinajstić information content (AvgIpc) is 2.35. The topological polar surface area (TPSA) is 82.5 Å². The molecule has 5 nitrogen and oxygen atoms in total. The van der Waals surface area contributed by atoms with Gasteiger partial charge in [0.15, 0.2) is 0 Å². The van der Waals surface area contributed by atoms with E-state index in [0.29, 0.717) is 10.3 Å². The molecule has 2 rings (SSSR count). The maximum absolute atomic E-state index is 11.9. The highest BCUT2D eigenvalue weighted by atomic mass is 79.9. The highest BCUT2D eigenvalue weighted by Crippen LogP contribution is 2.24. The van der Waals surface area contributed by atoms with Crippen molar-refractivity contribution in [2.45, 2.75) is 0 Å². The van der Waals surface area contributed by atoms with Crippen molar-refractivity contribution in [3.8, 4) is 11.5 Å². The van der Waals surface area contributed by atoms with E-state index in [9.17, 15) is 15.0 Å². The van der Waals surface area contributed by atoms with Gasteiger partial charge in [0.25, 0.3) is 5.91 Å². The molecular formula is C12H9BrN2O3. The number of anilines is 1. The van der Waals surface area contributed by atoms with E-state index < -0.39 is 5.91 Å². The van der Waals surface area contributed by atoms with Crippen LogP contribution in [-0.4, -0.2) is 21.1 Å². The molecule has 0 radical (unpaired) electrons. The van der Waals surface area contributed by atoms with Crippen molar-refractivity contribution in [3.63, 3.8) is 0 Å². The number of halogens is 1. The Morgan fingerprint density at radius 2 is 2.06 bits per heavy atom. The van der Waals surface area contributed by atoms with Crippen LogP contribution < -0.4 is 5.32 Å². The zero-order valence-electron chi connectivity index (χ0n) is 9.09. The molecule has 2 aromatic rings. The summed E-state index contributed by atoms with van der Waals surface area (Å²) in [4.78, 5) is 15.9. The molecule has 6 heteroatoms. The molecule has 0 aliphatic carbocycles. The van der Waals surface area contributed by atoms with E-state index in [2.05, 4.69) is 26.2 Å². The van der Waals surface area contributed by atoms with Gasteiger partial charge in [-0.3, -0.25) is 4.79 Å². The largest absolute Gasteiger partial charge is 0.508 e. The molecule has 1 aromatic heterocycles. The molecule has 0 fully saturated rings. The molecule has 0 saturated carbocycles. The van der Waals surface area contributed by atoms with Crippen LogP contribution >= 0.6 is 15.9 Å². The Labute approximate surface area is 111 Å². The number of amides is 1. The van der Waals surface area contributed by atoms with E-state index in [4.69, 9.17) is 0 Å². The van der Waals surface area contributed by atoms with Crippen molar-refractivity contribution < 1.29 is 15.0 Å². The summed E-state index contributed by atoms with van der Waals surface area (Å²) in [7, 11) is 0. The van der Waals surface area contributed by atoms with E-state index >= 15 is 0 Å². The SMILES string of the molecule is O=C(Nc1ncccc1Br)c1cc(O)ccc1O. The summed E-state index contributed by atoms with van der Waals surface area (Å²) in [6.45, 7) is 0. The van der Waals surface area contributed by atoms with Gasteiger partial charge in [0.2, 0.25) is 0 Å². The van der Waals surface area contributed by atoms with E-state index in [-0.39, 0.29) is 17.1 Å². The summed E-state index contributed by atoms with van der Waals surface area (Å²) in [6.07, 6.45) is 1.53. The molecule has 0 atom stereocenters. The Hall–Kier alpha value is -2.08. The third-order valence-corrected chi connectivity index (χ3v) is 2.86. The first-order valence-electron chi connectivity index (χ1n) is 5.02. The van der Waals surface area contributed by atoms with Crippen molar-refractivity contribution in [3.05, 3.63) is 46.6 Å². The smallest absolute Gasteiger partial charge is 0.260 e. The Bertz CT molecular complexity index is 602. The van der Waals surface area contributed by atoms with Crippen LogP contribution in [0.15, 0.2) is 41.0 Å². The Morgan fingerprint density at radius 3 is 2.78 bits per heavy atom. The highest BCUT2D eigenvalue weighted by molar-refractivity contribution is 9.10. The van der Waals surface area contributed by atoms with Crippen LogP contribution in [0.1, 0.15) is 10.4 Å². The lowest BCUT2D eigenvalue weighted by molar-refractivity contribution is 0.102. The summed E-state index contributed by atoms with van der Waals surface area (Å²) in [5.74, 6) is -0.525. The van der Waals surface area contributed by atoms with Gasteiger partial charge in [-0.05, 0) is 46.3 Å². The van der Waals surface area contributed by atoms with Gasteiger partial charge >= 0.3 is 0 Å². The number of benzene rings is 1. The van der Waals surface area contributed by atoms with Gasteiger partial charge in [-0.15, -0.1) is 0 Å². The molecule has 0 aliphatic heterocycles. The molecule has 92 valence electrons. The minimum Gasteiger partial charge on any atom is -0.508 e. The number of hydrogen-bond donors (Lipinski definition) is 3. The van der Waals surface area contributed by atoms with Crippen molar-refractivity contribution in [1.29, 1.82) is 0 Å². The zero-order chi connectivity index (χ0) is 13.1. The van der Waals surface area contributed by atoms with Crippen LogP contribution in [0.5, 0.6) is 11.5 Å². The number of carbonyl (C=O) groups excluding carboxylic acids is 1. The van der Waals surface area contributed by atoms with Gasteiger partial charge in [0.05, 0.1) is 10.0 Å². The van der Waals surface area contributed by atoms with Crippen LogP contribution in [0.3, 0.4) is 0 Å². The van der Waals surface area contributed by atoms with Gasteiger partial charge in [0.1, 0.15) is 17.3 Å². The van der Waals surface area contributed by atoms with Crippen molar-refractivity contribution in [2.75, 3.05) is 5.32 Å². The minimum atomic E-state index is -0.553. The fourth-order valence-electron chi connectivity index (χ4n) is 1.36. The predicted octanol–water partition coefficient (Wildman–Crippen LogP) is 2.51. The highest BCUT2D eigenvalue weighted by Gasteiger charge is 2.13. The molecule has 3 N–H and O–H groups in total. The molecule has 1 amide bonds. The number of aromatic hydroxyl groups is 2. The Morgan fingerprint density at radius 1 is 1.28 bits per heavy atom. The Balaban J connectivity index is 2.28. The second-order valence-corrected chi connectivity index (χ2v) is 4.34. The molecule has 0 bridgehead atoms. The maximum atomic E-state index is 11.9. The van der Waals surface area contributed by atoms with Crippen molar-refractivity contribution in [1.82, 2.24) is 4.98 Å². The number of pyridine rings is 1. The first kappa shape index (κ1) is 12.4. The van der Waals surface area contributed by atoms with E-state index in [1.807, 2.05) is 0 Å². The lowest BCUT2D eigenvalue weighted by Crippen LogP contribution is -2.13. The number of nitrogens with one attached hydrogen (secondary N) is 1. The maximum Gasteiger partial charge on any atom is 0.260 e. The van der Waals surface area contributed by atoms with Gasteiger partial charge in [-0.2, -0.15) is 0 Å². The number of carbonyl (C=O) groups is 1. The van der Waals surface area contributed by atoms with Gasteiger partial charge < -0.3 is 15.5 Å². The second-order valence-electron chi connectivity index (χ2n) is 3.49. The van der Waals surface area contributed by atoms with E-state index in [0.717, 1.165) is 0 Å². The lowest BCUT2D eigenvalue weighted by atomic mass is 10.2. The number of rotatable bonds is 2. The predicted molar refractivity (Wildman–Crippen MR) is 69.7 cm³/mol. The summed E-state index contributed by atoms with van der Waals surface area (Å²) in [5.41, 5.74) is -0.0208. The summed E-state index contributed by atoms with van der Waals surface area (Å²) < 4.78 is 0.623. The molecule has 0 unspecified atom stereocenters. The van der Waals surface area contributed by atoms with E-state index in [1.54, 1.807) is 12.1 Å². The summed E-state index contributed by atoms with van der Waals surface area (Å²) in [5, 5.41) is 21.4. The third kappa shape index (κ3) is 2.60. The number of nitrogens with zero attached hydrogens (tertiary/aromatic N) is 1. The average molecular weight is 309 g/mol. The standard InChI is InChI=1S/C12H9BrN2O3/c13-9-2-1-5-14-11(9)15-12(18)8-6-7(16)3-4-10(8)17/h1-6,16-17H,(H,14,15,18). The molecule has 1 aromatic carbocycles. The zero-order valence-corrected chi connectivity index (χ0v) is 10.7. The number of aromatic nitrogens is 1. The van der Waals surface area contributed by atoms with Gasteiger partial charge in [-0.25, -0.2) is 4.98 Å². The number of hydrogen-bond acceptors (Lipinski definition) is 4. The first-order chi connectivity index (χ1) is 8.58. The molecule has 0 spiro atoms. The number of phenols is 2. The number of phenolic OH excluding ortho intramolecular Hbond substituents is 2. The molecular weight excluding hydrogens is 300 g/mol. The lowest BCUT2D eigenvalue weighted by Gasteiger charge is -2.07. The second kappa shape index (κ2) is 5.05. The quantitative estimate of drug-likeness (QED) is 0.744. The van der Waals surface area contributed by atoms with Crippen LogP contribution in [0.4, 0.5) is 5.82 Å². The first-order valence-corrected chi connectivity index (χ1v) is 5.81. The molecule has 18 heavy (non-hydrogen) atoms. The van der Waals surface area contributed by atoms with Crippen LogP contribution in [0.2, 0.25) is 0 Å².